The van der Waals surface area contributed by atoms with Gasteiger partial charge in [0.05, 0.1) is 18.4 Å². The molecule has 0 aromatic heterocycles. The van der Waals surface area contributed by atoms with E-state index >= 15 is 0 Å². The maximum Gasteiger partial charge on any atom is 0.309 e. The lowest BCUT2D eigenvalue weighted by atomic mass is 9.96. The van der Waals surface area contributed by atoms with Crippen LogP contribution in [0.1, 0.15) is 96.1 Å². The summed E-state index contributed by atoms with van der Waals surface area (Å²) in [4.78, 5) is 27.8. The number of carboxylic acid groups (broad SMARTS) is 1. The molecule has 2 aliphatic carbocycles. The molecule has 2 heterocycles. The third kappa shape index (κ3) is 10.4. The van der Waals surface area contributed by atoms with Gasteiger partial charge in [-0.1, -0.05) is 50.2 Å². The van der Waals surface area contributed by atoms with E-state index in [9.17, 15) is 9.59 Å². The van der Waals surface area contributed by atoms with E-state index < -0.39 is 5.97 Å². The van der Waals surface area contributed by atoms with Crippen LogP contribution in [0.15, 0.2) is 72.8 Å². The number of nitrogens with zero attached hydrogens (tertiary/aromatic N) is 2. The molecule has 0 bridgehead atoms. The van der Waals surface area contributed by atoms with Crippen LogP contribution < -0.4 is 9.47 Å². The number of carboxylic acids is 1. The first-order valence-electron chi connectivity index (χ1n) is 21.4. The van der Waals surface area contributed by atoms with Crippen molar-refractivity contribution >= 4 is 33.5 Å². The topological polar surface area (TPSA) is 88.5 Å². The monoisotopic (exact) mass is 762 g/mol. The van der Waals surface area contributed by atoms with Crippen molar-refractivity contribution in [3.05, 3.63) is 83.9 Å². The molecule has 4 aliphatic rings. The van der Waals surface area contributed by atoms with Crippen molar-refractivity contribution in [1.29, 1.82) is 0 Å². The first-order chi connectivity index (χ1) is 27.2. The number of esters is 1. The number of aliphatic carboxylic acids is 1. The number of piperidine rings is 2. The van der Waals surface area contributed by atoms with Crippen LogP contribution in [0, 0.1) is 23.7 Å². The van der Waals surface area contributed by atoms with Crippen molar-refractivity contribution in [2.24, 2.45) is 23.7 Å². The van der Waals surface area contributed by atoms with Gasteiger partial charge in [0.2, 0.25) is 0 Å². The second-order valence-electron chi connectivity index (χ2n) is 17.0. The zero-order chi connectivity index (χ0) is 39.0. The summed E-state index contributed by atoms with van der Waals surface area (Å²) in [6, 6.07) is 26.2. The van der Waals surface area contributed by atoms with Crippen molar-refractivity contribution in [3.63, 3.8) is 0 Å². The van der Waals surface area contributed by atoms with Gasteiger partial charge in [0.25, 0.3) is 0 Å². The van der Waals surface area contributed by atoms with Crippen LogP contribution in [-0.4, -0.2) is 71.8 Å². The Hall–Kier alpha value is -4.14. The van der Waals surface area contributed by atoms with E-state index in [1.807, 2.05) is 6.92 Å². The average molecular weight is 763 g/mol. The summed E-state index contributed by atoms with van der Waals surface area (Å²) < 4.78 is 17.6. The van der Waals surface area contributed by atoms with Crippen LogP contribution in [0.25, 0.3) is 21.5 Å². The summed E-state index contributed by atoms with van der Waals surface area (Å²) in [5.41, 5.74) is 2.61. The third-order valence-corrected chi connectivity index (χ3v) is 12.8. The molecule has 4 fully saturated rings. The van der Waals surface area contributed by atoms with Gasteiger partial charge in [-0.25, -0.2) is 0 Å². The minimum atomic E-state index is -0.648. The SMILES string of the molecule is CC1CCCC1Oc1ccc2cc(CN3CCC(C(=O)O)CC3)ccc2c1.CCOC(=O)C1CCN(Cc2ccc3cc(OC4CCCC4C)ccc3c2)CC1. The standard InChI is InChI=1S/C25H33NO3.C23H29NO3/c1-3-28-25(27)20-11-13-26(14-12-20)17-19-7-8-22-16-23(10-9-21(22)15-19)29-24-6-4-5-18(24)2;1-16-3-2-4-22(16)27-21-8-7-19-13-17(5-6-20(19)14-21)15-24-11-9-18(10-12-24)23(25)26/h7-10,15-16,18,20,24H,3-6,11-14,17H2,1-2H3;5-8,13-14,16,18,22H,2-4,9-12,15H2,1H3,(H,25,26). The highest BCUT2D eigenvalue weighted by Crippen LogP contribution is 2.33. The fourth-order valence-electron chi connectivity index (χ4n) is 9.25. The molecular weight excluding hydrogens is 701 g/mol. The predicted octanol–water partition coefficient (Wildman–Crippen LogP) is 9.89. The van der Waals surface area contributed by atoms with E-state index in [-0.39, 0.29) is 17.8 Å². The lowest BCUT2D eigenvalue weighted by Crippen LogP contribution is -2.36. The normalized spacial score (nSPS) is 23.8. The van der Waals surface area contributed by atoms with Crippen LogP contribution in [0.2, 0.25) is 0 Å². The number of hydrogen-bond donors (Lipinski definition) is 1. The zero-order valence-corrected chi connectivity index (χ0v) is 33.8. The van der Waals surface area contributed by atoms with Crippen molar-refractivity contribution < 1.29 is 28.9 Å². The molecular formula is C48H62N2O6. The Morgan fingerprint density at radius 2 is 1.02 bits per heavy atom. The lowest BCUT2D eigenvalue weighted by molar-refractivity contribution is -0.149. The summed E-state index contributed by atoms with van der Waals surface area (Å²) in [5.74, 6) is 2.50. The van der Waals surface area contributed by atoms with E-state index in [1.165, 1.54) is 64.8 Å². The Morgan fingerprint density at radius 1 is 0.589 bits per heavy atom. The van der Waals surface area contributed by atoms with Gasteiger partial charge < -0.3 is 19.3 Å². The van der Waals surface area contributed by atoms with E-state index in [4.69, 9.17) is 19.3 Å². The van der Waals surface area contributed by atoms with E-state index in [0.717, 1.165) is 82.9 Å². The van der Waals surface area contributed by atoms with Crippen molar-refractivity contribution in [1.82, 2.24) is 9.80 Å². The molecule has 0 amide bonds. The van der Waals surface area contributed by atoms with Gasteiger partial charge in [-0.2, -0.15) is 0 Å². The summed E-state index contributed by atoms with van der Waals surface area (Å²) in [6.45, 7) is 12.4. The first kappa shape index (κ1) is 40.1. The minimum Gasteiger partial charge on any atom is -0.490 e. The Bertz CT molecular complexity index is 1930. The highest BCUT2D eigenvalue weighted by Gasteiger charge is 2.28. The highest BCUT2D eigenvalue weighted by atomic mass is 16.5. The number of hydrogen-bond acceptors (Lipinski definition) is 7. The maximum atomic E-state index is 11.9. The first-order valence-corrected chi connectivity index (χ1v) is 21.4. The fraction of sp³-hybridized carbons (Fsp3) is 0.542. The zero-order valence-electron chi connectivity index (χ0n) is 33.8. The number of likely N-dealkylation sites (tertiary alicyclic amines) is 2. The van der Waals surface area contributed by atoms with Gasteiger partial charge >= 0.3 is 11.9 Å². The second kappa shape index (κ2) is 18.9. The largest absolute Gasteiger partial charge is 0.490 e. The minimum absolute atomic E-state index is 0.0251. The molecule has 4 atom stereocenters. The summed E-state index contributed by atoms with van der Waals surface area (Å²) in [5, 5.41) is 14.1. The quantitative estimate of drug-likeness (QED) is 0.151. The van der Waals surface area contributed by atoms with Gasteiger partial charge in [-0.3, -0.25) is 19.4 Å². The van der Waals surface area contributed by atoms with Gasteiger partial charge in [-0.15, -0.1) is 0 Å². The molecule has 4 unspecified atom stereocenters. The molecule has 2 saturated carbocycles. The average Bonchev–Trinajstić information content (AvgIpc) is 3.81. The Morgan fingerprint density at radius 3 is 1.43 bits per heavy atom. The number of benzene rings is 4. The summed E-state index contributed by atoms with van der Waals surface area (Å²) in [7, 11) is 0. The molecule has 8 nitrogen and oxygen atoms in total. The molecule has 0 radical (unpaired) electrons. The van der Waals surface area contributed by atoms with Gasteiger partial charge in [0.1, 0.15) is 23.7 Å². The van der Waals surface area contributed by atoms with Crippen LogP contribution in [0.5, 0.6) is 11.5 Å². The molecule has 2 saturated heterocycles. The Kier molecular flexibility index (Phi) is 13.5. The number of fused-ring (bicyclic) bond motifs is 2. The number of rotatable bonds is 11. The van der Waals surface area contributed by atoms with Crippen LogP contribution in [0.4, 0.5) is 0 Å². The van der Waals surface area contributed by atoms with Crippen LogP contribution >= 0.6 is 0 Å². The molecule has 4 aromatic rings. The number of carbonyl (C=O) groups is 2. The van der Waals surface area contributed by atoms with Crippen molar-refractivity contribution in [2.45, 2.75) is 110 Å². The molecule has 2 aliphatic heterocycles. The van der Waals surface area contributed by atoms with Crippen molar-refractivity contribution in [2.75, 3.05) is 32.8 Å². The summed E-state index contributed by atoms with van der Waals surface area (Å²) in [6.07, 6.45) is 11.4. The molecule has 56 heavy (non-hydrogen) atoms. The molecule has 8 rings (SSSR count). The molecule has 1 N–H and O–H groups in total. The van der Waals surface area contributed by atoms with Crippen molar-refractivity contribution in [3.8, 4) is 11.5 Å². The van der Waals surface area contributed by atoms with Gasteiger partial charge in [0.15, 0.2) is 0 Å². The lowest BCUT2D eigenvalue weighted by Gasteiger charge is -2.30. The molecule has 4 aromatic carbocycles. The van der Waals surface area contributed by atoms with Gasteiger partial charge in [-0.05, 0) is 178 Å². The number of carbonyl (C=O) groups excluding carboxylic acids is 1. The van der Waals surface area contributed by atoms with Crippen LogP contribution in [0.3, 0.4) is 0 Å². The van der Waals surface area contributed by atoms with E-state index in [0.29, 0.717) is 30.7 Å². The molecule has 8 heteroatoms. The Balaban J connectivity index is 0.000000172. The van der Waals surface area contributed by atoms with Gasteiger partial charge in [0, 0.05) is 13.1 Å². The second-order valence-corrected chi connectivity index (χ2v) is 17.0. The van der Waals surface area contributed by atoms with E-state index in [1.54, 1.807) is 0 Å². The predicted molar refractivity (Wildman–Crippen MR) is 223 cm³/mol. The number of ether oxygens (including phenoxy) is 3. The fourth-order valence-corrected chi connectivity index (χ4v) is 9.25. The maximum absolute atomic E-state index is 11.9. The molecule has 0 spiro atoms. The highest BCUT2D eigenvalue weighted by molar-refractivity contribution is 5.85. The summed E-state index contributed by atoms with van der Waals surface area (Å²) >= 11 is 0. The Labute approximate surface area is 333 Å². The van der Waals surface area contributed by atoms with Crippen LogP contribution in [-0.2, 0) is 27.4 Å². The molecule has 300 valence electrons. The van der Waals surface area contributed by atoms with E-state index in [2.05, 4.69) is 96.4 Å². The smallest absolute Gasteiger partial charge is 0.309 e. The third-order valence-electron chi connectivity index (χ3n) is 12.8.